The molecule has 0 saturated carbocycles. The van der Waals surface area contributed by atoms with Gasteiger partial charge in [-0.1, -0.05) is 6.42 Å². The number of halogens is 2. The molecular formula is C24H30F2N4O. The number of hydrogen-bond donors (Lipinski definition) is 2. The van der Waals surface area contributed by atoms with Crippen LogP contribution in [0.25, 0.3) is 0 Å². The van der Waals surface area contributed by atoms with Crippen molar-refractivity contribution in [1.29, 1.82) is 0 Å². The van der Waals surface area contributed by atoms with Gasteiger partial charge in [-0.05, 0) is 73.8 Å². The van der Waals surface area contributed by atoms with Crippen molar-refractivity contribution in [3.8, 4) is 0 Å². The molecule has 2 aromatic rings. The number of benzene rings is 2. The highest BCUT2D eigenvalue weighted by Gasteiger charge is 2.42. The van der Waals surface area contributed by atoms with Crippen LogP contribution in [0, 0.1) is 11.6 Å². The smallest absolute Gasteiger partial charge is 0.230 e. The molecule has 5 nitrogen and oxygen atoms in total. The van der Waals surface area contributed by atoms with Gasteiger partial charge in [0.05, 0.1) is 0 Å². The molecule has 2 aliphatic heterocycles. The Kier molecular flexibility index (Phi) is 6.83. The molecule has 4 rings (SSSR count). The Morgan fingerprint density at radius 3 is 2.61 bits per heavy atom. The van der Waals surface area contributed by atoms with E-state index in [1.54, 1.807) is 6.07 Å². The van der Waals surface area contributed by atoms with E-state index < -0.39 is 0 Å². The van der Waals surface area contributed by atoms with Crippen LogP contribution in [0.1, 0.15) is 44.1 Å². The van der Waals surface area contributed by atoms with Gasteiger partial charge in [-0.25, -0.2) is 14.2 Å². The van der Waals surface area contributed by atoms with Crippen LogP contribution < -0.4 is 15.8 Å². The summed E-state index contributed by atoms with van der Waals surface area (Å²) in [4.78, 5) is 15.6. The third-order valence-corrected chi connectivity index (χ3v) is 6.29. The molecule has 31 heavy (non-hydrogen) atoms. The zero-order chi connectivity index (χ0) is 21.8. The number of piperidine rings is 1. The van der Waals surface area contributed by atoms with Gasteiger partial charge in [0.1, 0.15) is 11.6 Å². The lowest BCUT2D eigenvalue weighted by atomic mass is 9.89. The van der Waals surface area contributed by atoms with Crippen molar-refractivity contribution in [1.82, 2.24) is 15.8 Å². The SMILES string of the molecule is CC(=O)NNCCCCCN1CCC2C(C1)c1cc(F)ccc1N2c1ccc(F)cc1. The number of nitrogens with one attached hydrogen (secondary N) is 2. The molecule has 166 valence electrons. The first kappa shape index (κ1) is 21.7. The molecule has 2 atom stereocenters. The van der Waals surface area contributed by atoms with Crippen LogP contribution in [0.2, 0.25) is 0 Å². The molecule has 0 aliphatic carbocycles. The standard InChI is InChI=1S/C24H30F2N4O/c1-17(31)28-27-12-3-2-4-13-29-14-11-24-22(16-29)21-15-19(26)7-10-23(21)30(24)20-8-5-18(25)6-9-20/h5-10,15,22,24,27H,2-4,11-14,16H2,1H3,(H,28,31). The zero-order valence-corrected chi connectivity index (χ0v) is 17.9. The number of rotatable bonds is 8. The molecular weight excluding hydrogens is 398 g/mol. The summed E-state index contributed by atoms with van der Waals surface area (Å²) in [5.74, 6) is -0.292. The Labute approximate surface area is 182 Å². The van der Waals surface area contributed by atoms with Crippen molar-refractivity contribution in [2.75, 3.05) is 31.1 Å². The minimum absolute atomic E-state index is 0.0779. The summed E-state index contributed by atoms with van der Waals surface area (Å²) >= 11 is 0. The number of anilines is 2. The van der Waals surface area contributed by atoms with Crippen LogP contribution in [0.5, 0.6) is 0 Å². The molecule has 0 spiro atoms. The third-order valence-electron chi connectivity index (χ3n) is 6.29. The van der Waals surface area contributed by atoms with Crippen molar-refractivity contribution >= 4 is 17.3 Å². The lowest BCUT2D eigenvalue weighted by Gasteiger charge is -2.39. The van der Waals surface area contributed by atoms with Gasteiger partial charge in [0.25, 0.3) is 0 Å². The Hall–Kier alpha value is -2.51. The summed E-state index contributed by atoms with van der Waals surface area (Å²) in [5, 5.41) is 0. The Balaban J connectivity index is 1.38. The first-order valence-electron chi connectivity index (χ1n) is 11.1. The summed E-state index contributed by atoms with van der Waals surface area (Å²) < 4.78 is 27.5. The van der Waals surface area contributed by atoms with E-state index in [4.69, 9.17) is 0 Å². The van der Waals surface area contributed by atoms with E-state index in [-0.39, 0.29) is 29.5 Å². The number of carbonyl (C=O) groups excluding carboxylic acids is 1. The van der Waals surface area contributed by atoms with Crippen molar-refractivity contribution in [2.45, 2.75) is 44.6 Å². The lowest BCUT2D eigenvalue weighted by Crippen LogP contribution is -2.45. The van der Waals surface area contributed by atoms with Crippen LogP contribution in [0.3, 0.4) is 0 Å². The fraction of sp³-hybridized carbons (Fsp3) is 0.458. The highest BCUT2D eigenvalue weighted by molar-refractivity contribution is 5.73. The van der Waals surface area contributed by atoms with Crippen LogP contribution in [-0.2, 0) is 4.79 Å². The summed E-state index contributed by atoms with van der Waals surface area (Å²) in [6.07, 6.45) is 4.18. The first-order valence-corrected chi connectivity index (χ1v) is 11.1. The van der Waals surface area contributed by atoms with Crippen LogP contribution in [0.15, 0.2) is 42.5 Å². The second-order valence-corrected chi connectivity index (χ2v) is 8.48. The molecule has 2 aliphatic rings. The topological polar surface area (TPSA) is 47.6 Å². The second-order valence-electron chi connectivity index (χ2n) is 8.48. The average molecular weight is 429 g/mol. The van der Waals surface area contributed by atoms with Crippen molar-refractivity contribution in [3.63, 3.8) is 0 Å². The summed E-state index contributed by atoms with van der Waals surface area (Å²) in [5.41, 5.74) is 8.56. The van der Waals surface area contributed by atoms with Gasteiger partial charge in [0.15, 0.2) is 0 Å². The predicted molar refractivity (Wildman–Crippen MR) is 118 cm³/mol. The number of amides is 1. The number of likely N-dealkylation sites (tertiary alicyclic amines) is 1. The van der Waals surface area contributed by atoms with E-state index in [0.29, 0.717) is 0 Å². The van der Waals surface area contributed by atoms with E-state index in [1.165, 1.54) is 25.1 Å². The summed E-state index contributed by atoms with van der Waals surface area (Å²) in [6, 6.07) is 11.9. The molecule has 1 saturated heterocycles. The van der Waals surface area contributed by atoms with Gasteiger partial charge in [0, 0.05) is 49.9 Å². The largest absolute Gasteiger partial charge is 0.337 e. The molecule has 2 N–H and O–H groups in total. The maximum absolute atomic E-state index is 14.1. The highest BCUT2D eigenvalue weighted by atomic mass is 19.1. The van der Waals surface area contributed by atoms with Gasteiger partial charge < -0.3 is 9.80 Å². The lowest BCUT2D eigenvalue weighted by molar-refractivity contribution is -0.119. The number of hydrogen-bond acceptors (Lipinski definition) is 4. The number of nitrogens with zero attached hydrogens (tertiary/aromatic N) is 2. The number of carbonyl (C=O) groups is 1. The number of unbranched alkanes of at least 4 members (excludes halogenated alkanes) is 2. The van der Waals surface area contributed by atoms with Crippen LogP contribution in [-0.4, -0.2) is 43.0 Å². The quantitative estimate of drug-likeness (QED) is 0.491. The van der Waals surface area contributed by atoms with Crippen molar-refractivity contribution in [3.05, 3.63) is 59.7 Å². The fourth-order valence-electron chi connectivity index (χ4n) is 4.89. The normalized spacial score (nSPS) is 20.4. The number of hydrazine groups is 1. The van der Waals surface area contributed by atoms with Crippen LogP contribution >= 0.6 is 0 Å². The van der Waals surface area contributed by atoms with E-state index in [1.807, 2.05) is 18.2 Å². The third kappa shape index (κ3) is 5.05. The molecule has 2 aromatic carbocycles. The average Bonchev–Trinajstić information content (AvgIpc) is 3.06. The molecule has 0 radical (unpaired) electrons. The molecule has 1 fully saturated rings. The van der Waals surface area contributed by atoms with Gasteiger partial charge >= 0.3 is 0 Å². The fourth-order valence-corrected chi connectivity index (χ4v) is 4.89. The monoisotopic (exact) mass is 428 g/mol. The maximum Gasteiger partial charge on any atom is 0.230 e. The minimum Gasteiger partial charge on any atom is -0.337 e. The molecule has 2 unspecified atom stereocenters. The van der Waals surface area contributed by atoms with Gasteiger partial charge in [-0.2, -0.15) is 0 Å². The second kappa shape index (κ2) is 9.75. The molecule has 0 bridgehead atoms. The molecule has 1 amide bonds. The Morgan fingerprint density at radius 2 is 1.84 bits per heavy atom. The molecule has 7 heteroatoms. The van der Waals surface area contributed by atoms with Gasteiger partial charge in [0.2, 0.25) is 5.91 Å². The minimum atomic E-state index is -0.249. The zero-order valence-electron chi connectivity index (χ0n) is 17.9. The van der Waals surface area contributed by atoms with Crippen molar-refractivity contribution in [2.24, 2.45) is 0 Å². The molecule has 0 aromatic heterocycles. The maximum atomic E-state index is 14.1. The van der Waals surface area contributed by atoms with E-state index in [9.17, 15) is 13.6 Å². The van der Waals surface area contributed by atoms with E-state index in [0.717, 1.165) is 68.8 Å². The summed E-state index contributed by atoms with van der Waals surface area (Å²) in [6.45, 7) is 5.18. The Bertz CT molecular complexity index is 905. The van der Waals surface area contributed by atoms with E-state index in [2.05, 4.69) is 20.7 Å². The first-order chi connectivity index (χ1) is 15.0. The van der Waals surface area contributed by atoms with Crippen molar-refractivity contribution < 1.29 is 13.6 Å². The summed E-state index contributed by atoms with van der Waals surface area (Å²) in [7, 11) is 0. The predicted octanol–water partition coefficient (Wildman–Crippen LogP) is 4.09. The van der Waals surface area contributed by atoms with Gasteiger partial charge in [-0.15, -0.1) is 0 Å². The molecule has 2 heterocycles. The van der Waals surface area contributed by atoms with Gasteiger partial charge in [-0.3, -0.25) is 10.2 Å². The number of fused-ring (bicyclic) bond motifs is 3. The van der Waals surface area contributed by atoms with Crippen LogP contribution in [0.4, 0.5) is 20.2 Å². The highest BCUT2D eigenvalue weighted by Crippen LogP contribution is 2.48. The van der Waals surface area contributed by atoms with E-state index >= 15 is 0 Å². The Morgan fingerprint density at radius 1 is 1.06 bits per heavy atom.